The number of carbonyl (C=O) groups excluding carboxylic acids is 3. The number of urea groups is 1. The maximum absolute atomic E-state index is 11.4. The second-order valence-electron chi connectivity index (χ2n) is 5.34. The number of nitrogens with zero attached hydrogens (tertiary/aromatic N) is 1. The van der Waals surface area contributed by atoms with Crippen LogP contribution < -0.4 is 19.7 Å². The molecule has 3 amide bonds. The zero-order valence-corrected chi connectivity index (χ0v) is 18.3. The Morgan fingerprint density at radius 2 is 1.93 bits per heavy atom. The minimum atomic E-state index is -5.43. The zero-order valence-electron chi connectivity index (χ0n) is 16.4. The fourth-order valence-electron chi connectivity index (χ4n) is 1.87. The maximum Gasteiger partial charge on any atom is 0.340 e. The van der Waals surface area contributed by atoms with Crippen LogP contribution in [-0.4, -0.2) is 58.1 Å². The van der Waals surface area contributed by atoms with Gasteiger partial charge in [0.2, 0.25) is 0 Å². The Morgan fingerprint density at radius 3 is 2.34 bits per heavy atom. The zero-order chi connectivity index (χ0) is 22.8. The van der Waals surface area contributed by atoms with Crippen molar-refractivity contribution in [1.29, 1.82) is 0 Å². The van der Waals surface area contributed by atoms with Gasteiger partial charge in [-0.1, -0.05) is 0 Å². The van der Waals surface area contributed by atoms with Crippen molar-refractivity contribution in [2.24, 2.45) is 4.99 Å². The molecule has 160 valence electrons. The van der Waals surface area contributed by atoms with Crippen LogP contribution in [0.2, 0.25) is 0 Å². The van der Waals surface area contributed by atoms with E-state index in [1.165, 1.54) is 13.1 Å². The predicted molar refractivity (Wildman–Crippen MR) is 107 cm³/mol. The smallest absolute Gasteiger partial charge is 0.337 e. The first-order valence-electron chi connectivity index (χ1n) is 8.19. The van der Waals surface area contributed by atoms with Crippen LogP contribution >= 0.6 is 0 Å². The van der Waals surface area contributed by atoms with Crippen LogP contribution in [0.5, 0.6) is 11.5 Å². The third-order valence-corrected chi connectivity index (χ3v) is 5.01. The second kappa shape index (κ2) is 11.8. The van der Waals surface area contributed by atoms with Crippen molar-refractivity contribution >= 4 is 48.3 Å². The molecular formula is C17H24AsN3O8. The van der Waals surface area contributed by atoms with Crippen LogP contribution in [-0.2, 0) is 13.3 Å². The van der Waals surface area contributed by atoms with Crippen molar-refractivity contribution in [2.75, 3.05) is 11.9 Å². The van der Waals surface area contributed by atoms with Crippen LogP contribution in [0.4, 0.5) is 10.5 Å². The molecule has 0 saturated heterocycles. The number of carbonyl (C=O) groups is 3. The molecule has 12 heteroatoms. The van der Waals surface area contributed by atoms with E-state index in [9.17, 15) is 31.4 Å². The number of hydrogen-bond donors (Lipinski definition) is 5. The molecule has 1 rings (SSSR count). The molecule has 0 atom stereocenters. The Morgan fingerprint density at radius 1 is 1.34 bits per heavy atom. The van der Waals surface area contributed by atoms with E-state index in [2.05, 4.69) is 22.2 Å². The molecule has 29 heavy (non-hydrogen) atoms. The van der Waals surface area contributed by atoms with E-state index >= 15 is 0 Å². The summed E-state index contributed by atoms with van der Waals surface area (Å²) >= 11 is -5.43. The Bertz CT molecular complexity index is 861. The van der Waals surface area contributed by atoms with Gasteiger partial charge in [-0.25, -0.2) is 9.79 Å². The molecule has 5 N–H and O–H groups in total. The summed E-state index contributed by atoms with van der Waals surface area (Å²) in [5, 5.41) is 14.7. The standard InChI is InChI=1S/C12H14AsNO7.C5H10N2O/c1-4-9(16)21-12-6(2)5-8(13(18,19)20)11(17)10(12)14-7(3)15;1-3-6-5(8)7-4-2/h4-5,17H,1H2,2-3H3,(H,14,15)(H2,18,19,20);3H,4H2,1-2H3,(H,7,8). The summed E-state index contributed by atoms with van der Waals surface area (Å²) in [6, 6.07) is 0.738. The third-order valence-electron chi connectivity index (χ3n) is 2.98. The van der Waals surface area contributed by atoms with Gasteiger partial charge in [0.15, 0.2) is 0 Å². The number of aryl methyl sites for hydroxylation is 1. The summed E-state index contributed by atoms with van der Waals surface area (Å²) in [7, 11) is 0. The van der Waals surface area contributed by atoms with Gasteiger partial charge in [-0.3, -0.25) is 0 Å². The number of nitrogens with one attached hydrogen (secondary N) is 2. The third kappa shape index (κ3) is 8.77. The number of amides is 3. The maximum atomic E-state index is 11.4. The monoisotopic (exact) mass is 473 g/mol. The van der Waals surface area contributed by atoms with Crippen molar-refractivity contribution in [1.82, 2.24) is 5.32 Å². The summed E-state index contributed by atoms with van der Waals surface area (Å²) in [6.07, 6.45) is 2.33. The molecule has 0 aliphatic rings. The van der Waals surface area contributed by atoms with E-state index in [4.69, 9.17) is 4.74 Å². The van der Waals surface area contributed by atoms with E-state index < -0.39 is 36.1 Å². The summed E-state index contributed by atoms with van der Waals surface area (Å²) in [5.41, 5.74) is -0.219. The average molecular weight is 473 g/mol. The van der Waals surface area contributed by atoms with Crippen LogP contribution in [0.3, 0.4) is 0 Å². The van der Waals surface area contributed by atoms with Gasteiger partial charge in [0.25, 0.3) is 0 Å². The van der Waals surface area contributed by atoms with Crippen LogP contribution in [0.1, 0.15) is 26.3 Å². The van der Waals surface area contributed by atoms with E-state index in [0.717, 1.165) is 19.1 Å². The van der Waals surface area contributed by atoms with E-state index in [1.54, 1.807) is 6.92 Å². The van der Waals surface area contributed by atoms with E-state index in [0.29, 0.717) is 6.54 Å². The fraction of sp³-hybridized carbons (Fsp3) is 0.294. The van der Waals surface area contributed by atoms with Gasteiger partial charge < -0.3 is 5.32 Å². The Kier molecular flexibility index (Phi) is 10.7. The van der Waals surface area contributed by atoms with Crippen molar-refractivity contribution in [2.45, 2.75) is 27.7 Å². The number of aromatic hydroxyl groups is 1. The molecule has 1 aromatic rings. The first-order valence-corrected chi connectivity index (χ1v) is 11.6. The number of phenolic OH excluding ortho intramolecular Hbond substituents is 1. The summed E-state index contributed by atoms with van der Waals surface area (Å²) in [4.78, 5) is 36.2. The van der Waals surface area contributed by atoms with Gasteiger partial charge in [-0.2, -0.15) is 0 Å². The largest absolute Gasteiger partial charge is 0.340 e. The van der Waals surface area contributed by atoms with Crippen molar-refractivity contribution < 1.29 is 36.2 Å². The molecule has 11 nitrogen and oxygen atoms in total. The van der Waals surface area contributed by atoms with Crippen LogP contribution in [0.15, 0.2) is 23.7 Å². The summed E-state index contributed by atoms with van der Waals surface area (Å²) < 4.78 is 34.2. The normalized spacial score (nSPS) is 10.6. The van der Waals surface area contributed by atoms with Gasteiger partial charge in [-0.05, 0) is 13.8 Å². The Labute approximate surface area is 170 Å². The molecule has 0 unspecified atom stereocenters. The van der Waals surface area contributed by atoms with Gasteiger partial charge >= 0.3 is 128 Å². The number of aliphatic imine (C=N–C) groups is 1. The molecule has 0 heterocycles. The molecular weight excluding hydrogens is 449 g/mol. The summed E-state index contributed by atoms with van der Waals surface area (Å²) in [5.74, 6) is -2.51. The number of phenols is 1. The van der Waals surface area contributed by atoms with Crippen molar-refractivity contribution in [3.63, 3.8) is 0 Å². The Balaban J connectivity index is 0.000000828. The van der Waals surface area contributed by atoms with Gasteiger partial charge in [0, 0.05) is 12.8 Å². The molecule has 0 fully saturated rings. The Hall–Kier alpha value is -2.88. The molecule has 0 aromatic heterocycles. The van der Waals surface area contributed by atoms with Crippen molar-refractivity contribution in [3.8, 4) is 11.5 Å². The number of benzene rings is 1. The number of hydrogen-bond acceptors (Lipinski definition) is 6. The van der Waals surface area contributed by atoms with E-state index in [1.807, 2.05) is 6.92 Å². The van der Waals surface area contributed by atoms with E-state index in [-0.39, 0.29) is 23.0 Å². The van der Waals surface area contributed by atoms with Gasteiger partial charge in [0.1, 0.15) is 0 Å². The van der Waals surface area contributed by atoms with Crippen LogP contribution in [0.25, 0.3) is 0 Å². The number of ether oxygens (including phenoxy) is 1. The molecule has 0 aliphatic carbocycles. The first kappa shape index (κ1) is 26.1. The number of anilines is 1. The quantitative estimate of drug-likeness (QED) is 0.100. The molecule has 1 aromatic carbocycles. The minimum absolute atomic E-state index is 0.159. The number of esters is 1. The second-order valence-corrected chi connectivity index (χ2v) is 8.63. The molecule has 0 radical (unpaired) electrons. The summed E-state index contributed by atoms with van der Waals surface area (Å²) in [6.45, 7) is 9.94. The van der Waals surface area contributed by atoms with Gasteiger partial charge in [0.05, 0.1) is 0 Å². The number of rotatable bonds is 5. The first-order chi connectivity index (χ1) is 13.4. The molecule has 0 bridgehead atoms. The molecule has 0 saturated carbocycles. The fourth-order valence-corrected chi connectivity index (χ4v) is 3.45. The topological polar surface area (TPSA) is 175 Å². The van der Waals surface area contributed by atoms with Gasteiger partial charge in [-0.15, -0.1) is 0 Å². The SMILES string of the molecule is C=CC(=O)Oc1c(C)cc([As](=O)(O)O)c(O)c1NC(C)=O.CC=NC(=O)NCC. The minimum Gasteiger partial charge on any atom is -0.337 e. The van der Waals surface area contributed by atoms with Crippen molar-refractivity contribution in [3.05, 3.63) is 24.3 Å². The predicted octanol–water partition coefficient (Wildman–Crippen LogP) is 0.118. The average Bonchev–Trinajstić information content (AvgIpc) is 2.60. The van der Waals surface area contributed by atoms with Crippen LogP contribution in [0, 0.1) is 6.92 Å². The molecule has 0 spiro atoms. The molecule has 0 aliphatic heterocycles.